The number of hydrogen-bond donors (Lipinski definition) is 1. The fraction of sp³-hybridized carbons (Fsp3) is 0.240. The van der Waals surface area contributed by atoms with Gasteiger partial charge in [-0.25, -0.2) is 22.8 Å². The van der Waals surface area contributed by atoms with Crippen LogP contribution in [-0.2, 0) is 9.84 Å². The van der Waals surface area contributed by atoms with Crippen LogP contribution in [0.3, 0.4) is 0 Å². The number of halogens is 1. The Hall–Kier alpha value is -3.83. The number of aromatic nitrogens is 3. The van der Waals surface area contributed by atoms with Gasteiger partial charge < -0.3 is 15.4 Å². The number of carbonyl (C=O) groups excluding carboxylic acids is 1. The molecule has 2 N–H and O–H groups in total. The van der Waals surface area contributed by atoms with E-state index in [0.717, 1.165) is 12.7 Å². The van der Waals surface area contributed by atoms with E-state index >= 15 is 0 Å². The lowest BCUT2D eigenvalue weighted by atomic mass is 10.1. The minimum Gasteiger partial charge on any atom is -0.497 e. The van der Waals surface area contributed by atoms with Crippen LogP contribution in [0.4, 0.5) is 4.39 Å². The number of nitrogens with two attached hydrogens (primary N) is 1. The van der Waals surface area contributed by atoms with Gasteiger partial charge in [0.2, 0.25) is 5.95 Å². The van der Waals surface area contributed by atoms with Gasteiger partial charge in [0.15, 0.2) is 9.84 Å². The van der Waals surface area contributed by atoms with E-state index in [2.05, 4.69) is 9.97 Å². The molecule has 9 nitrogen and oxygen atoms in total. The maximum Gasteiger partial charge on any atom is 0.253 e. The van der Waals surface area contributed by atoms with Crippen molar-refractivity contribution in [1.29, 1.82) is 0 Å². The normalized spacial score (nSPS) is 16.0. The van der Waals surface area contributed by atoms with Crippen molar-refractivity contribution >= 4 is 26.6 Å². The molecule has 2 aromatic heterocycles. The Morgan fingerprint density at radius 2 is 1.92 bits per heavy atom. The highest BCUT2D eigenvalue weighted by molar-refractivity contribution is 7.91. The maximum absolute atomic E-state index is 14.4. The van der Waals surface area contributed by atoms with Crippen molar-refractivity contribution in [3.05, 3.63) is 66.4 Å². The van der Waals surface area contributed by atoms with E-state index in [1.807, 2.05) is 0 Å². The number of rotatable bonds is 5. The first-order valence-electron chi connectivity index (χ1n) is 11.2. The fourth-order valence-electron chi connectivity index (χ4n) is 4.38. The summed E-state index contributed by atoms with van der Waals surface area (Å²) in [4.78, 5) is 23.5. The van der Waals surface area contributed by atoms with Crippen LogP contribution in [0, 0.1) is 5.82 Å². The second kappa shape index (κ2) is 8.99. The molecule has 1 aliphatic heterocycles. The van der Waals surface area contributed by atoms with Crippen LogP contribution in [-0.4, -0.2) is 66.3 Å². The van der Waals surface area contributed by atoms with Crippen LogP contribution in [0.2, 0.25) is 0 Å². The Balaban J connectivity index is 1.59. The minimum absolute atomic E-state index is 0.0558. The molecule has 0 radical (unpaired) electrons. The summed E-state index contributed by atoms with van der Waals surface area (Å²) >= 11 is 0. The number of sulfone groups is 1. The molecule has 0 saturated carbocycles. The van der Waals surface area contributed by atoms with E-state index in [1.165, 1.54) is 42.4 Å². The Labute approximate surface area is 207 Å². The van der Waals surface area contributed by atoms with Crippen molar-refractivity contribution in [3.8, 4) is 22.8 Å². The summed E-state index contributed by atoms with van der Waals surface area (Å²) in [6, 6.07) is 9.17. The van der Waals surface area contributed by atoms with E-state index in [4.69, 9.17) is 10.5 Å². The summed E-state index contributed by atoms with van der Waals surface area (Å²) in [7, 11) is -2.10. The van der Waals surface area contributed by atoms with Crippen LogP contribution >= 0.6 is 0 Å². The summed E-state index contributed by atoms with van der Waals surface area (Å²) in [6.45, 7) is 1.04. The van der Waals surface area contributed by atoms with Crippen molar-refractivity contribution in [2.75, 3.05) is 26.5 Å². The Morgan fingerprint density at radius 3 is 2.56 bits per heavy atom. The van der Waals surface area contributed by atoms with Gasteiger partial charge in [-0.3, -0.25) is 9.36 Å². The van der Waals surface area contributed by atoms with Crippen LogP contribution in [0.5, 0.6) is 5.75 Å². The first kappa shape index (κ1) is 23.9. The van der Waals surface area contributed by atoms with Crippen LogP contribution in [0.15, 0.2) is 59.9 Å². The summed E-state index contributed by atoms with van der Waals surface area (Å²) in [6.07, 6.45) is 6.18. The van der Waals surface area contributed by atoms with Gasteiger partial charge in [0, 0.05) is 66.1 Å². The van der Waals surface area contributed by atoms with E-state index in [9.17, 15) is 17.6 Å². The molecule has 5 rings (SSSR count). The molecular weight excluding hydrogens is 485 g/mol. The third kappa shape index (κ3) is 4.31. The van der Waals surface area contributed by atoms with Gasteiger partial charge in [0.05, 0.1) is 17.5 Å². The van der Waals surface area contributed by atoms with Crippen LogP contribution in [0.1, 0.15) is 16.8 Å². The third-order valence-corrected chi connectivity index (χ3v) is 7.39. The van der Waals surface area contributed by atoms with E-state index < -0.39 is 15.7 Å². The Morgan fingerprint density at radius 1 is 1.17 bits per heavy atom. The monoisotopic (exact) mass is 509 g/mol. The maximum atomic E-state index is 14.4. The van der Waals surface area contributed by atoms with Gasteiger partial charge in [-0.15, -0.1) is 0 Å². The number of nitrogens with zero attached hydrogens (tertiary/aromatic N) is 4. The fourth-order valence-corrected chi connectivity index (χ4v) is 5.25. The molecule has 4 aromatic rings. The van der Waals surface area contributed by atoms with Crippen molar-refractivity contribution < 1.29 is 22.3 Å². The quantitative estimate of drug-likeness (QED) is 0.439. The summed E-state index contributed by atoms with van der Waals surface area (Å²) in [5.74, 6) is 0.0292. The van der Waals surface area contributed by atoms with E-state index in [1.54, 1.807) is 29.2 Å². The zero-order chi connectivity index (χ0) is 25.6. The molecule has 1 saturated heterocycles. The first-order valence-corrected chi connectivity index (χ1v) is 13.1. The molecule has 0 spiro atoms. The average molecular weight is 510 g/mol. The van der Waals surface area contributed by atoms with Gasteiger partial charge in [-0.2, -0.15) is 0 Å². The molecule has 1 atom stereocenters. The van der Waals surface area contributed by atoms with Gasteiger partial charge in [-0.05, 0) is 36.8 Å². The number of hydrogen-bond acceptors (Lipinski definition) is 7. The minimum atomic E-state index is -3.59. The largest absolute Gasteiger partial charge is 0.497 e. The second-order valence-corrected chi connectivity index (χ2v) is 10.8. The second-order valence-electron chi connectivity index (χ2n) is 8.78. The molecule has 0 aliphatic carbocycles. The Bertz CT molecular complexity index is 1580. The predicted octanol–water partition coefficient (Wildman–Crippen LogP) is 2.81. The summed E-state index contributed by atoms with van der Waals surface area (Å²) in [5.41, 5.74) is 7.52. The first-order chi connectivity index (χ1) is 17.2. The lowest BCUT2D eigenvalue weighted by Crippen LogP contribution is -2.31. The number of likely N-dealkylation sites (tertiary alicyclic amines) is 1. The number of carbonyl (C=O) groups is 1. The number of amides is 1. The molecule has 0 bridgehead atoms. The van der Waals surface area contributed by atoms with Gasteiger partial charge in [0.25, 0.3) is 5.91 Å². The van der Waals surface area contributed by atoms with Gasteiger partial charge >= 0.3 is 0 Å². The van der Waals surface area contributed by atoms with Crippen LogP contribution in [0.25, 0.3) is 28.0 Å². The SMILES string of the molecule is COc1ccc(F)c(-c2cnc(-n3cc(S(C)(=O)=O)c4ccc(C(=O)N5CCC(N)C5)cc43)nc2)c1. The zero-order valence-corrected chi connectivity index (χ0v) is 20.5. The van der Waals surface area contributed by atoms with Crippen LogP contribution < -0.4 is 10.5 Å². The molecule has 1 amide bonds. The van der Waals surface area contributed by atoms with Crippen molar-refractivity contribution in [2.24, 2.45) is 5.73 Å². The smallest absolute Gasteiger partial charge is 0.253 e. The summed E-state index contributed by atoms with van der Waals surface area (Å²) in [5, 5.41) is 0.443. The molecule has 36 heavy (non-hydrogen) atoms. The molecule has 11 heteroatoms. The lowest BCUT2D eigenvalue weighted by Gasteiger charge is -2.16. The van der Waals surface area contributed by atoms with Crippen molar-refractivity contribution in [1.82, 2.24) is 19.4 Å². The lowest BCUT2D eigenvalue weighted by molar-refractivity contribution is 0.0791. The highest BCUT2D eigenvalue weighted by atomic mass is 32.2. The van der Waals surface area contributed by atoms with E-state index in [0.29, 0.717) is 40.9 Å². The van der Waals surface area contributed by atoms with Gasteiger partial charge in [0.1, 0.15) is 11.6 Å². The number of methoxy groups -OCH3 is 1. The molecule has 3 heterocycles. The molecular formula is C25H24FN5O4S. The summed E-state index contributed by atoms with van der Waals surface area (Å²) < 4.78 is 46.1. The molecule has 1 fully saturated rings. The third-order valence-electron chi connectivity index (χ3n) is 6.27. The van der Waals surface area contributed by atoms with Gasteiger partial charge in [-0.1, -0.05) is 6.07 Å². The zero-order valence-electron chi connectivity index (χ0n) is 19.7. The predicted molar refractivity (Wildman–Crippen MR) is 132 cm³/mol. The number of benzene rings is 2. The van der Waals surface area contributed by atoms with E-state index in [-0.39, 0.29) is 28.4 Å². The number of fused-ring (bicyclic) bond motifs is 1. The van der Waals surface area contributed by atoms with Crippen molar-refractivity contribution in [2.45, 2.75) is 17.4 Å². The molecule has 2 aromatic carbocycles. The highest BCUT2D eigenvalue weighted by Crippen LogP contribution is 2.30. The average Bonchev–Trinajstić information content (AvgIpc) is 3.47. The standard InChI is InChI=1S/C25H24FN5O4S/c1-35-18-4-6-21(26)20(10-18)16-11-28-25(29-12-16)31-14-23(36(2,33)34)19-5-3-15(9-22(19)31)24(32)30-8-7-17(27)13-30/h3-6,9-12,14,17H,7-8,13,27H2,1-2H3. The molecule has 1 unspecified atom stereocenters. The molecule has 186 valence electrons. The molecule has 1 aliphatic rings. The van der Waals surface area contributed by atoms with Crippen molar-refractivity contribution in [3.63, 3.8) is 0 Å². The number of ether oxygens (including phenoxy) is 1. The highest BCUT2D eigenvalue weighted by Gasteiger charge is 2.26. The topological polar surface area (TPSA) is 120 Å². The Kier molecular flexibility index (Phi) is 5.97.